The summed E-state index contributed by atoms with van der Waals surface area (Å²) in [6.07, 6.45) is 3.84. The first-order chi connectivity index (χ1) is 13.5. The van der Waals surface area contributed by atoms with Crippen molar-refractivity contribution in [2.75, 3.05) is 5.32 Å². The normalized spacial score (nSPS) is 13.7. The van der Waals surface area contributed by atoms with Gasteiger partial charge in [-0.15, -0.1) is 10.2 Å². The number of hydrogen-bond acceptors (Lipinski definition) is 3. The first-order valence-electron chi connectivity index (χ1n) is 9.01. The van der Waals surface area contributed by atoms with Crippen LogP contribution < -0.4 is 5.32 Å². The lowest BCUT2D eigenvalue weighted by molar-refractivity contribution is 0.102. The molecular weight excluding hydrogens is 369 g/mol. The van der Waals surface area contributed by atoms with Crippen LogP contribution in [0.5, 0.6) is 0 Å². The Balaban J connectivity index is 1.65. The number of carbonyl (C=O) groups is 1. The van der Waals surface area contributed by atoms with Gasteiger partial charge in [-0.05, 0) is 43.2 Å². The van der Waals surface area contributed by atoms with Crippen LogP contribution in [-0.4, -0.2) is 20.7 Å². The topological polar surface area (TPSA) is 59.8 Å². The Labute approximate surface area is 159 Å². The van der Waals surface area contributed by atoms with Crippen LogP contribution in [0.15, 0.2) is 36.4 Å². The fourth-order valence-corrected chi connectivity index (χ4v) is 3.35. The molecule has 5 nitrogen and oxygen atoms in total. The number of anilines is 1. The number of hydrogen-bond donors (Lipinski definition) is 1. The predicted molar refractivity (Wildman–Crippen MR) is 97.3 cm³/mol. The quantitative estimate of drug-likeness (QED) is 0.728. The van der Waals surface area contributed by atoms with Crippen molar-refractivity contribution in [1.29, 1.82) is 0 Å². The number of amides is 1. The molecule has 0 unspecified atom stereocenters. The van der Waals surface area contributed by atoms with Crippen LogP contribution in [0.2, 0.25) is 0 Å². The number of nitrogens with zero attached hydrogens (tertiary/aromatic N) is 3. The summed E-state index contributed by atoms with van der Waals surface area (Å²) in [4.78, 5) is 12.3. The molecule has 4 rings (SSSR count). The van der Waals surface area contributed by atoms with Gasteiger partial charge in [0.15, 0.2) is 5.82 Å². The number of carbonyl (C=O) groups excluding carboxylic acids is 1. The average molecular weight is 386 g/mol. The first-order valence-corrected chi connectivity index (χ1v) is 9.01. The molecule has 1 amide bonds. The summed E-state index contributed by atoms with van der Waals surface area (Å²) in [7, 11) is 0. The lowest BCUT2D eigenvalue weighted by atomic mass is 10.1. The molecule has 0 saturated carbocycles. The first kappa shape index (κ1) is 18.2. The van der Waals surface area contributed by atoms with E-state index >= 15 is 0 Å². The van der Waals surface area contributed by atoms with Crippen molar-refractivity contribution in [1.82, 2.24) is 14.8 Å². The van der Waals surface area contributed by atoms with Gasteiger partial charge in [0.25, 0.3) is 5.91 Å². The van der Waals surface area contributed by atoms with Crippen LogP contribution in [0.3, 0.4) is 0 Å². The van der Waals surface area contributed by atoms with Crippen LogP contribution in [0, 0.1) is 17.5 Å². The highest BCUT2D eigenvalue weighted by molar-refractivity contribution is 6.04. The second-order valence-electron chi connectivity index (χ2n) is 6.71. The third-order valence-corrected chi connectivity index (χ3v) is 4.70. The third kappa shape index (κ3) is 3.62. The molecule has 0 radical (unpaired) electrons. The molecular formula is C20H17F3N4O. The average Bonchev–Trinajstić information content (AvgIpc) is 2.90. The Morgan fingerprint density at radius 1 is 0.964 bits per heavy atom. The zero-order valence-electron chi connectivity index (χ0n) is 14.9. The highest BCUT2D eigenvalue weighted by Crippen LogP contribution is 2.27. The molecule has 0 spiro atoms. The number of nitrogens with one attached hydrogen (secondary N) is 1. The van der Waals surface area contributed by atoms with Gasteiger partial charge in [-0.25, -0.2) is 13.2 Å². The molecule has 144 valence electrons. The second-order valence-corrected chi connectivity index (χ2v) is 6.71. The van der Waals surface area contributed by atoms with E-state index < -0.39 is 23.4 Å². The molecule has 2 heterocycles. The minimum atomic E-state index is -0.851. The van der Waals surface area contributed by atoms with Gasteiger partial charge in [-0.1, -0.05) is 6.42 Å². The molecule has 28 heavy (non-hydrogen) atoms. The van der Waals surface area contributed by atoms with Crippen molar-refractivity contribution >= 4 is 11.6 Å². The van der Waals surface area contributed by atoms with E-state index in [2.05, 4.69) is 15.5 Å². The van der Waals surface area contributed by atoms with Gasteiger partial charge in [-0.2, -0.15) is 0 Å². The Morgan fingerprint density at radius 2 is 1.75 bits per heavy atom. The summed E-state index contributed by atoms with van der Waals surface area (Å²) in [6, 6.07) is 6.60. The largest absolute Gasteiger partial charge is 0.322 e. The van der Waals surface area contributed by atoms with Crippen LogP contribution >= 0.6 is 0 Å². The van der Waals surface area contributed by atoms with Gasteiger partial charge in [0, 0.05) is 30.3 Å². The fourth-order valence-electron chi connectivity index (χ4n) is 3.35. The smallest absolute Gasteiger partial charge is 0.255 e. The Hall–Kier alpha value is -3.16. The van der Waals surface area contributed by atoms with Crippen LogP contribution in [-0.2, 0) is 13.0 Å². The highest BCUT2D eigenvalue weighted by atomic mass is 19.1. The number of halogens is 3. The number of aromatic nitrogens is 3. The van der Waals surface area contributed by atoms with Gasteiger partial charge in [0.1, 0.15) is 23.3 Å². The summed E-state index contributed by atoms with van der Waals surface area (Å²) in [5.41, 5.74) is 0.334. The molecule has 0 bridgehead atoms. The van der Waals surface area contributed by atoms with E-state index in [9.17, 15) is 18.0 Å². The molecule has 1 N–H and O–H groups in total. The maximum Gasteiger partial charge on any atom is 0.255 e. The molecule has 0 atom stereocenters. The Bertz CT molecular complexity index is 1030. The number of aryl methyl sites for hydroxylation is 1. The van der Waals surface area contributed by atoms with E-state index in [4.69, 9.17) is 0 Å². The van der Waals surface area contributed by atoms with Crippen molar-refractivity contribution in [3.63, 3.8) is 0 Å². The number of fused-ring (bicyclic) bond motifs is 1. The molecule has 0 fully saturated rings. The van der Waals surface area contributed by atoms with E-state index in [1.807, 2.05) is 4.57 Å². The summed E-state index contributed by atoms with van der Waals surface area (Å²) in [6.45, 7) is 0.705. The van der Waals surface area contributed by atoms with Gasteiger partial charge in [-0.3, -0.25) is 4.79 Å². The van der Waals surface area contributed by atoms with Gasteiger partial charge < -0.3 is 9.88 Å². The Kier molecular flexibility index (Phi) is 4.85. The molecule has 3 aromatic rings. The monoisotopic (exact) mass is 386 g/mol. The SMILES string of the molecule is O=C(Nc1ccc(F)c(-c2nnc3n2CCCCC3)c1)c1cc(F)cc(F)c1. The van der Waals surface area contributed by atoms with E-state index in [1.54, 1.807) is 0 Å². The fraction of sp³-hybridized carbons (Fsp3) is 0.250. The third-order valence-electron chi connectivity index (χ3n) is 4.70. The lowest BCUT2D eigenvalue weighted by Crippen LogP contribution is -2.13. The van der Waals surface area contributed by atoms with Crippen LogP contribution in [0.1, 0.15) is 35.4 Å². The number of rotatable bonds is 3. The molecule has 1 aromatic heterocycles. The second kappa shape index (κ2) is 7.46. The van der Waals surface area contributed by atoms with Crippen LogP contribution in [0.4, 0.5) is 18.9 Å². The molecule has 8 heteroatoms. The highest BCUT2D eigenvalue weighted by Gasteiger charge is 2.19. The molecule has 1 aliphatic heterocycles. The zero-order chi connectivity index (χ0) is 19.7. The minimum absolute atomic E-state index is 0.167. The molecule has 1 aliphatic rings. The van der Waals surface area contributed by atoms with Crippen molar-refractivity contribution in [2.45, 2.75) is 32.2 Å². The number of benzene rings is 2. The predicted octanol–water partition coefficient (Wildman–Crippen LogP) is 4.34. The maximum absolute atomic E-state index is 14.5. The maximum atomic E-state index is 14.5. The van der Waals surface area contributed by atoms with Crippen LogP contribution in [0.25, 0.3) is 11.4 Å². The van der Waals surface area contributed by atoms with Crippen molar-refractivity contribution in [3.8, 4) is 11.4 Å². The van der Waals surface area contributed by atoms with E-state index in [0.717, 1.165) is 43.6 Å². The van der Waals surface area contributed by atoms with E-state index in [1.165, 1.54) is 18.2 Å². The standard InChI is InChI=1S/C20H17F3N4O/c21-13-8-12(9-14(22)10-13)20(28)24-15-5-6-17(23)16(11-15)19-26-25-18-4-2-1-3-7-27(18)19/h5-6,8-11H,1-4,7H2,(H,24,28). The Morgan fingerprint density at radius 3 is 2.54 bits per heavy atom. The lowest BCUT2D eigenvalue weighted by Gasteiger charge is -2.11. The summed E-state index contributed by atoms with van der Waals surface area (Å²) < 4.78 is 43.1. The molecule has 0 aliphatic carbocycles. The van der Waals surface area contributed by atoms with Gasteiger partial charge in [0.05, 0.1) is 5.56 Å². The van der Waals surface area contributed by atoms with Crippen molar-refractivity contribution < 1.29 is 18.0 Å². The summed E-state index contributed by atoms with van der Waals surface area (Å²) >= 11 is 0. The molecule has 0 saturated heterocycles. The minimum Gasteiger partial charge on any atom is -0.322 e. The summed E-state index contributed by atoms with van der Waals surface area (Å²) in [5, 5.41) is 10.8. The van der Waals surface area contributed by atoms with Crippen molar-refractivity contribution in [3.05, 3.63) is 65.2 Å². The van der Waals surface area contributed by atoms with Gasteiger partial charge in [0.2, 0.25) is 0 Å². The van der Waals surface area contributed by atoms with E-state index in [-0.39, 0.29) is 16.8 Å². The summed E-state index contributed by atoms with van der Waals surface area (Å²) in [5.74, 6) is -1.67. The van der Waals surface area contributed by atoms with Crippen molar-refractivity contribution in [2.24, 2.45) is 0 Å². The molecule has 2 aromatic carbocycles. The zero-order valence-corrected chi connectivity index (χ0v) is 14.9. The van der Waals surface area contributed by atoms with Gasteiger partial charge >= 0.3 is 0 Å². The van der Waals surface area contributed by atoms with E-state index in [0.29, 0.717) is 18.4 Å².